The molecule has 0 atom stereocenters. The van der Waals surface area contributed by atoms with Crippen molar-refractivity contribution < 1.29 is 19.1 Å². The second-order valence-electron chi connectivity index (χ2n) is 6.19. The largest absolute Gasteiger partial charge is 0.465 e. The van der Waals surface area contributed by atoms with E-state index in [1.54, 1.807) is 0 Å². The van der Waals surface area contributed by atoms with E-state index in [2.05, 4.69) is 29.4 Å². The van der Waals surface area contributed by atoms with E-state index in [1.165, 1.54) is 39.0 Å². The molecule has 0 saturated heterocycles. The van der Waals surface area contributed by atoms with Crippen molar-refractivity contribution >= 4 is 11.9 Å². The molecule has 0 N–H and O–H groups in total. The van der Waals surface area contributed by atoms with Gasteiger partial charge in [-0.05, 0) is 25.7 Å². The highest BCUT2D eigenvalue weighted by Crippen LogP contribution is 2.38. The molecule has 2 heterocycles. The standard InChI is InChI=1S/C18H20N4O4/c1-25-17(23)13-7-19-15(20-8-13)11-3-5-12(6-4-11)16-21-9-14(10-22-16)18(24)26-2/h7-12H,3-6H2,1-2H3. The molecule has 0 aliphatic heterocycles. The van der Waals surface area contributed by atoms with Gasteiger partial charge in [0, 0.05) is 36.6 Å². The van der Waals surface area contributed by atoms with Crippen LogP contribution in [0.15, 0.2) is 24.8 Å². The van der Waals surface area contributed by atoms with E-state index in [-0.39, 0.29) is 11.8 Å². The number of rotatable bonds is 4. The SMILES string of the molecule is COC(=O)c1cnc(C2CCC(c3ncc(C(=O)OC)cn3)CC2)nc1. The van der Waals surface area contributed by atoms with Crippen LogP contribution in [0.2, 0.25) is 0 Å². The zero-order chi connectivity index (χ0) is 18.5. The Labute approximate surface area is 151 Å². The first-order chi connectivity index (χ1) is 12.6. The maximum atomic E-state index is 11.4. The Hall–Kier alpha value is -2.90. The topological polar surface area (TPSA) is 104 Å². The summed E-state index contributed by atoms with van der Waals surface area (Å²) >= 11 is 0. The van der Waals surface area contributed by atoms with E-state index >= 15 is 0 Å². The summed E-state index contributed by atoms with van der Waals surface area (Å²) in [7, 11) is 2.66. The summed E-state index contributed by atoms with van der Waals surface area (Å²) in [5.74, 6) is 1.14. The molecule has 0 bridgehead atoms. The predicted octanol–water partition coefficient (Wildman–Crippen LogP) is 2.28. The van der Waals surface area contributed by atoms with Gasteiger partial charge in [0.15, 0.2) is 0 Å². The molecular weight excluding hydrogens is 336 g/mol. The fourth-order valence-electron chi connectivity index (χ4n) is 3.15. The summed E-state index contributed by atoms with van der Waals surface area (Å²) in [5.41, 5.74) is 0.702. The Morgan fingerprint density at radius 2 is 1.04 bits per heavy atom. The van der Waals surface area contributed by atoms with Gasteiger partial charge in [-0.1, -0.05) is 0 Å². The summed E-state index contributed by atoms with van der Waals surface area (Å²) in [4.78, 5) is 40.1. The second-order valence-corrected chi connectivity index (χ2v) is 6.19. The number of hydrogen-bond donors (Lipinski definition) is 0. The van der Waals surface area contributed by atoms with Crippen molar-refractivity contribution in [2.45, 2.75) is 37.5 Å². The number of esters is 2. The molecule has 8 heteroatoms. The minimum atomic E-state index is -0.437. The summed E-state index contributed by atoms with van der Waals surface area (Å²) in [6, 6.07) is 0. The van der Waals surface area contributed by atoms with Crippen molar-refractivity contribution in [1.29, 1.82) is 0 Å². The molecular formula is C18H20N4O4. The van der Waals surface area contributed by atoms with Crippen LogP contribution in [0.5, 0.6) is 0 Å². The Morgan fingerprint density at radius 3 is 1.31 bits per heavy atom. The van der Waals surface area contributed by atoms with Crippen LogP contribution in [0.1, 0.15) is 69.9 Å². The van der Waals surface area contributed by atoms with Gasteiger partial charge in [-0.3, -0.25) is 0 Å². The van der Waals surface area contributed by atoms with E-state index in [4.69, 9.17) is 0 Å². The van der Waals surface area contributed by atoms with E-state index in [1.807, 2.05) is 0 Å². The number of hydrogen-bond acceptors (Lipinski definition) is 8. The second kappa shape index (κ2) is 7.99. The lowest BCUT2D eigenvalue weighted by atomic mass is 9.81. The van der Waals surface area contributed by atoms with E-state index in [9.17, 15) is 9.59 Å². The first kappa shape index (κ1) is 17.9. The third kappa shape index (κ3) is 3.84. The number of nitrogens with zero attached hydrogens (tertiary/aromatic N) is 4. The van der Waals surface area contributed by atoms with E-state index in [0.717, 1.165) is 37.3 Å². The first-order valence-electron chi connectivity index (χ1n) is 8.43. The molecule has 1 aliphatic rings. The monoisotopic (exact) mass is 356 g/mol. The van der Waals surface area contributed by atoms with Crippen LogP contribution in [0.3, 0.4) is 0 Å². The van der Waals surface area contributed by atoms with E-state index < -0.39 is 11.9 Å². The lowest BCUT2D eigenvalue weighted by molar-refractivity contribution is 0.0590. The normalized spacial score (nSPS) is 19.6. The summed E-state index contributed by atoms with van der Waals surface area (Å²) in [6.45, 7) is 0. The number of carbonyl (C=O) groups excluding carboxylic acids is 2. The minimum Gasteiger partial charge on any atom is -0.465 e. The van der Waals surface area contributed by atoms with E-state index in [0.29, 0.717) is 11.1 Å². The van der Waals surface area contributed by atoms with Gasteiger partial charge >= 0.3 is 11.9 Å². The molecule has 26 heavy (non-hydrogen) atoms. The predicted molar refractivity (Wildman–Crippen MR) is 90.7 cm³/mol. The molecule has 0 spiro atoms. The minimum absolute atomic E-state index is 0.257. The lowest BCUT2D eigenvalue weighted by Crippen LogP contribution is -2.17. The lowest BCUT2D eigenvalue weighted by Gasteiger charge is -2.26. The van der Waals surface area contributed by atoms with Crippen LogP contribution in [-0.2, 0) is 9.47 Å². The zero-order valence-electron chi connectivity index (χ0n) is 14.7. The van der Waals surface area contributed by atoms with Crippen molar-refractivity contribution in [1.82, 2.24) is 19.9 Å². The molecule has 0 amide bonds. The zero-order valence-corrected chi connectivity index (χ0v) is 14.7. The Kier molecular flexibility index (Phi) is 5.50. The Balaban J connectivity index is 1.60. The van der Waals surface area contributed by atoms with Crippen molar-refractivity contribution in [3.63, 3.8) is 0 Å². The summed E-state index contributed by atoms with van der Waals surface area (Å²) in [6.07, 6.45) is 9.72. The van der Waals surface area contributed by atoms with Gasteiger partial charge in [-0.25, -0.2) is 29.5 Å². The molecule has 0 radical (unpaired) electrons. The molecule has 2 aromatic heterocycles. The van der Waals surface area contributed by atoms with Gasteiger partial charge in [-0.15, -0.1) is 0 Å². The summed E-state index contributed by atoms with van der Waals surface area (Å²) < 4.78 is 9.31. The van der Waals surface area contributed by atoms with Gasteiger partial charge < -0.3 is 9.47 Å². The Morgan fingerprint density at radius 1 is 0.731 bits per heavy atom. The van der Waals surface area contributed by atoms with Gasteiger partial charge in [-0.2, -0.15) is 0 Å². The maximum absolute atomic E-state index is 11.4. The molecule has 1 fully saturated rings. The molecule has 0 aromatic carbocycles. The van der Waals surface area contributed by atoms with Crippen molar-refractivity contribution in [2.24, 2.45) is 0 Å². The number of ether oxygens (including phenoxy) is 2. The molecule has 2 aromatic rings. The fourth-order valence-corrected chi connectivity index (χ4v) is 3.15. The van der Waals surface area contributed by atoms with Crippen LogP contribution in [0.4, 0.5) is 0 Å². The molecule has 8 nitrogen and oxygen atoms in total. The highest BCUT2D eigenvalue weighted by molar-refractivity contribution is 5.88. The third-order valence-electron chi connectivity index (χ3n) is 4.64. The van der Waals surface area contributed by atoms with Crippen molar-refractivity contribution in [2.75, 3.05) is 14.2 Å². The molecule has 1 aliphatic carbocycles. The smallest absolute Gasteiger partial charge is 0.341 e. The van der Waals surface area contributed by atoms with Gasteiger partial charge in [0.2, 0.25) is 0 Å². The average Bonchev–Trinajstić information content (AvgIpc) is 2.73. The molecule has 136 valence electrons. The average molecular weight is 356 g/mol. The highest BCUT2D eigenvalue weighted by Gasteiger charge is 2.27. The highest BCUT2D eigenvalue weighted by atomic mass is 16.5. The molecule has 3 rings (SSSR count). The number of methoxy groups -OCH3 is 2. The first-order valence-corrected chi connectivity index (χ1v) is 8.43. The quantitative estimate of drug-likeness (QED) is 0.769. The third-order valence-corrected chi connectivity index (χ3v) is 4.64. The van der Waals surface area contributed by atoms with Crippen LogP contribution in [-0.4, -0.2) is 46.1 Å². The van der Waals surface area contributed by atoms with Crippen LogP contribution >= 0.6 is 0 Å². The molecule has 0 unspecified atom stereocenters. The number of aromatic nitrogens is 4. The van der Waals surface area contributed by atoms with Crippen molar-refractivity contribution in [3.05, 3.63) is 47.6 Å². The summed E-state index contributed by atoms with van der Waals surface area (Å²) in [5, 5.41) is 0. The van der Waals surface area contributed by atoms with Crippen LogP contribution in [0.25, 0.3) is 0 Å². The maximum Gasteiger partial charge on any atom is 0.341 e. The Bertz CT molecular complexity index is 701. The number of carbonyl (C=O) groups is 2. The van der Waals surface area contributed by atoms with Crippen molar-refractivity contribution in [3.8, 4) is 0 Å². The van der Waals surface area contributed by atoms with Gasteiger partial charge in [0.1, 0.15) is 11.6 Å². The van der Waals surface area contributed by atoms with Gasteiger partial charge in [0.05, 0.1) is 25.3 Å². The van der Waals surface area contributed by atoms with Crippen LogP contribution in [0, 0.1) is 0 Å². The fraction of sp³-hybridized carbons (Fsp3) is 0.444. The van der Waals surface area contributed by atoms with Crippen LogP contribution < -0.4 is 0 Å². The van der Waals surface area contributed by atoms with Gasteiger partial charge in [0.25, 0.3) is 0 Å². The molecule has 1 saturated carbocycles.